The largest absolute Gasteiger partial charge is 0.395 e. The van der Waals surface area contributed by atoms with Gasteiger partial charge in [0.1, 0.15) is 0 Å². The third-order valence-electron chi connectivity index (χ3n) is 2.32. The number of benzene rings is 1. The third-order valence-corrected chi connectivity index (χ3v) is 2.32. The van der Waals surface area contributed by atoms with E-state index in [1.54, 1.807) is 0 Å². The van der Waals surface area contributed by atoms with Crippen LogP contribution in [0.25, 0.3) is 10.9 Å². The van der Waals surface area contributed by atoms with Gasteiger partial charge in [0.25, 0.3) is 5.56 Å². The number of hydrogen-bond acceptors (Lipinski definition) is 3. The van der Waals surface area contributed by atoms with E-state index in [0.717, 1.165) is 5.56 Å². The van der Waals surface area contributed by atoms with Crippen LogP contribution in [0.2, 0.25) is 0 Å². The second kappa shape index (κ2) is 3.82. The number of hydrogen-bond donors (Lipinski definition) is 1. The van der Waals surface area contributed by atoms with Crippen molar-refractivity contribution in [3.63, 3.8) is 0 Å². The van der Waals surface area contributed by atoms with Gasteiger partial charge in [-0.1, -0.05) is 11.6 Å². The zero-order valence-electron chi connectivity index (χ0n) is 8.47. The standard InChI is InChI=1S/C11H12N2O2/c1-8-2-3-10-9(6-8)11(15)13(4-5-14)7-12-10/h2-3,6-7,14H,4-5H2,1H3. The van der Waals surface area contributed by atoms with Crippen molar-refractivity contribution in [3.8, 4) is 0 Å². The zero-order valence-corrected chi connectivity index (χ0v) is 8.47. The van der Waals surface area contributed by atoms with Crippen LogP contribution in [0.5, 0.6) is 0 Å². The van der Waals surface area contributed by atoms with E-state index in [9.17, 15) is 4.79 Å². The zero-order chi connectivity index (χ0) is 10.8. The molecule has 0 spiro atoms. The summed E-state index contributed by atoms with van der Waals surface area (Å²) in [6, 6.07) is 5.57. The summed E-state index contributed by atoms with van der Waals surface area (Å²) in [5.41, 5.74) is 1.63. The van der Waals surface area contributed by atoms with Crippen LogP contribution < -0.4 is 5.56 Å². The van der Waals surface area contributed by atoms with Crippen LogP contribution in [-0.4, -0.2) is 21.3 Å². The molecule has 0 aliphatic carbocycles. The van der Waals surface area contributed by atoms with Crippen LogP contribution in [0.3, 0.4) is 0 Å². The SMILES string of the molecule is Cc1ccc2ncn(CCO)c(=O)c2c1. The summed E-state index contributed by atoms with van der Waals surface area (Å²) in [5.74, 6) is 0. The summed E-state index contributed by atoms with van der Waals surface area (Å²) in [7, 11) is 0. The molecule has 2 rings (SSSR count). The van der Waals surface area contributed by atoms with Crippen LogP contribution >= 0.6 is 0 Å². The molecule has 0 fully saturated rings. The van der Waals surface area contributed by atoms with Crippen molar-refractivity contribution in [2.24, 2.45) is 0 Å². The van der Waals surface area contributed by atoms with E-state index in [2.05, 4.69) is 4.98 Å². The normalized spacial score (nSPS) is 10.8. The highest BCUT2D eigenvalue weighted by Gasteiger charge is 2.03. The fraction of sp³-hybridized carbons (Fsp3) is 0.273. The van der Waals surface area contributed by atoms with Crippen molar-refractivity contribution in [2.75, 3.05) is 6.61 Å². The van der Waals surface area contributed by atoms with Gasteiger partial charge in [-0.05, 0) is 19.1 Å². The van der Waals surface area contributed by atoms with E-state index in [1.165, 1.54) is 10.9 Å². The molecule has 0 unspecified atom stereocenters. The molecule has 1 N–H and O–H groups in total. The lowest BCUT2D eigenvalue weighted by molar-refractivity contribution is 0.274. The first-order valence-corrected chi connectivity index (χ1v) is 4.79. The Morgan fingerprint density at radius 3 is 3.00 bits per heavy atom. The van der Waals surface area contributed by atoms with Crippen molar-refractivity contribution < 1.29 is 5.11 Å². The van der Waals surface area contributed by atoms with Gasteiger partial charge in [-0.15, -0.1) is 0 Å². The summed E-state index contributed by atoms with van der Waals surface area (Å²) in [6.45, 7) is 2.16. The second-order valence-electron chi connectivity index (χ2n) is 3.49. The first kappa shape index (κ1) is 9.86. The highest BCUT2D eigenvalue weighted by atomic mass is 16.3. The average molecular weight is 204 g/mol. The van der Waals surface area contributed by atoms with E-state index in [-0.39, 0.29) is 18.7 Å². The van der Waals surface area contributed by atoms with Crippen molar-refractivity contribution >= 4 is 10.9 Å². The fourth-order valence-electron chi connectivity index (χ4n) is 1.54. The minimum absolute atomic E-state index is 0.0566. The minimum Gasteiger partial charge on any atom is -0.395 e. The van der Waals surface area contributed by atoms with Crippen molar-refractivity contribution in [1.82, 2.24) is 9.55 Å². The number of nitrogens with zero attached hydrogens (tertiary/aromatic N) is 2. The second-order valence-corrected chi connectivity index (χ2v) is 3.49. The smallest absolute Gasteiger partial charge is 0.261 e. The Hall–Kier alpha value is -1.68. The lowest BCUT2D eigenvalue weighted by Gasteiger charge is -2.04. The van der Waals surface area contributed by atoms with Crippen molar-refractivity contribution in [3.05, 3.63) is 40.4 Å². The Labute approximate surface area is 86.8 Å². The summed E-state index contributed by atoms with van der Waals surface area (Å²) in [5, 5.41) is 9.39. The number of rotatable bonds is 2. The molecule has 0 saturated carbocycles. The van der Waals surface area contributed by atoms with Crippen LogP contribution in [-0.2, 0) is 6.54 Å². The topological polar surface area (TPSA) is 55.1 Å². The van der Waals surface area contributed by atoms with Crippen molar-refractivity contribution in [2.45, 2.75) is 13.5 Å². The number of aliphatic hydroxyl groups is 1. The highest BCUT2D eigenvalue weighted by Crippen LogP contribution is 2.08. The van der Waals surface area contributed by atoms with Crippen LogP contribution in [0.15, 0.2) is 29.3 Å². The van der Waals surface area contributed by atoms with E-state index in [4.69, 9.17) is 5.11 Å². The first-order chi connectivity index (χ1) is 7.22. The molecule has 0 aliphatic rings. The van der Waals surface area contributed by atoms with Crippen LogP contribution in [0.4, 0.5) is 0 Å². The molecule has 0 amide bonds. The maximum atomic E-state index is 11.9. The molecule has 0 aliphatic heterocycles. The lowest BCUT2D eigenvalue weighted by atomic mass is 10.2. The summed E-state index contributed by atoms with van der Waals surface area (Å²) >= 11 is 0. The Balaban J connectivity index is 2.71. The number of aryl methyl sites for hydroxylation is 1. The molecule has 1 aromatic carbocycles. The van der Waals surface area contributed by atoms with Gasteiger partial charge in [0.2, 0.25) is 0 Å². The van der Waals surface area contributed by atoms with Gasteiger partial charge in [-0.25, -0.2) is 4.98 Å². The van der Waals surface area contributed by atoms with Crippen LogP contribution in [0.1, 0.15) is 5.56 Å². The molecular formula is C11H12N2O2. The number of aromatic nitrogens is 2. The van der Waals surface area contributed by atoms with Gasteiger partial charge in [0.15, 0.2) is 0 Å². The van der Waals surface area contributed by atoms with E-state index >= 15 is 0 Å². The molecule has 4 heteroatoms. The van der Waals surface area contributed by atoms with E-state index < -0.39 is 0 Å². The lowest BCUT2D eigenvalue weighted by Crippen LogP contribution is -2.22. The molecule has 0 saturated heterocycles. The van der Waals surface area contributed by atoms with Gasteiger partial charge in [-0.2, -0.15) is 0 Å². The Morgan fingerprint density at radius 2 is 2.27 bits per heavy atom. The molecule has 1 heterocycles. The molecule has 78 valence electrons. The Morgan fingerprint density at radius 1 is 1.47 bits per heavy atom. The Bertz CT molecular complexity index is 546. The van der Waals surface area contributed by atoms with Crippen molar-refractivity contribution in [1.29, 1.82) is 0 Å². The molecule has 0 atom stereocenters. The monoisotopic (exact) mass is 204 g/mol. The predicted molar refractivity (Wildman–Crippen MR) is 57.8 cm³/mol. The predicted octanol–water partition coefficient (Wildman–Crippen LogP) is 0.697. The molecule has 4 nitrogen and oxygen atoms in total. The summed E-state index contributed by atoms with van der Waals surface area (Å²) in [4.78, 5) is 16.0. The fourth-order valence-corrected chi connectivity index (χ4v) is 1.54. The molecule has 2 aromatic rings. The number of aliphatic hydroxyl groups excluding tert-OH is 1. The quantitative estimate of drug-likeness (QED) is 0.783. The van der Waals surface area contributed by atoms with E-state index in [1.807, 2.05) is 25.1 Å². The van der Waals surface area contributed by atoms with Gasteiger partial charge >= 0.3 is 0 Å². The van der Waals surface area contributed by atoms with Gasteiger partial charge in [0, 0.05) is 0 Å². The third kappa shape index (κ3) is 1.76. The molecule has 1 aromatic heterocycles. The minimum atomic E-state index is -0.0993. The Kier molecular flexibility index (Phi) is 2.51. The first-order valence-electron chi connectivity index (χ1n) is 4.79. The molecule has 15 heavy (non-hydrogen) atoms. The van der Waals surface area contributed by atoms with Gasteiger partial charge in [-0.3, -0.25) is 9.36 Å². The number of fused-ring (bicyclic) bond motifs is 1. The molecule has 0 radical (unpaired) electrons. The molecule has 0 bridgehead atoms. The van der Waals surface area contributed by atoms with Crippen LogP contribution in [0, 0.1) is 6.92 Å². The maximum Gasteiger partial charge on any atom is 0.261 e. The van der Waals surface area contributed by atoms with E-state index in [0.29, 0.717) is 10.9 Å². The average Bonchev–Trinajstić information content (AvgIpc) is 2.23. The summed E-state index contributed by atoms with van der Waals surface area (Å²) in [6.07, 6.45) is 1.47. The maximum absolute atomic E-state index is 11.9. The van der Waals surface area contributed by atoms with Gasteiger partial charge < -0.3 is 5.11 Å². The highest BCUT2D eigenvalue weighted by molar-refractivity contribution is 5.77. The summed E-state index contributed by atoms with van der Waals surface area (Å²) < 4.78 is 1.42. The molecular weight excluding hydrogens is 192 g/mol. The van der Waals surface area contributed by atoms with Gasteiger partial charge in [0.05, 0.1) is 30.4 Å².